The third-order valence-electron chi connectivity index (χ3n) is 3.57. The number of rotatable bonds is 2. The van der Waals surface area contributed by atoms with Crippen LogP contribution in [-0.4, -0.2) is 35.0 Å². The molecule has 1 amide bonds. The number of aliphatic carboxylic acids is 1. The van der Waals surface area contributed by atoms with E-state index >= 15 is 0 Å². The molecule has 0 radical (unpaired) electrons. The van der Waals surface area contributed by atoms with Gasteiger partial charge in [0.15, 0.2) is 0 Å². The van der Waals surface area contributed by atoms with E-state index in [0.717, 1.165) is 15.2 Å². The van der Waals surface area contributed by atoms with Crippen molar-refractivity contribution in [2.75, 3.05) is 13.1 Å². The van der Waals surface area contributed by atoms with E-state index in [1.54, 1.807) is 11.0 Å². The van der Waals surface area contributed by atoms with E-state index in [0.29, 0.717) is 18.7 Å². The molecular weight excluding hydrogens is 322 g/mol. The highest BCUT2D eigenvalue weighted by Crippen LogP contribution is 2.23. The first kappa shape index (κ1) is 13.1. The van der Waals surface area contributed by atoms with Crippen molar-refractivity contribution < 1.29 is 14.7 Å². The summed E-state index contributed by atoms with van der Waals surface area (Å²) in [5.74, 6) is -1.36. The van der Waals surface area contributed by atoms with Crippen LogP contribution >= 0.6 is 15.9 Å². The summed E-state index contributed by atoms with van der Waals surface area (Å²) in [6.45, 7) is 0.596. The molecule has 1 N–H and O–H groups in total. The fourth-order valence-electron chi connectivity index (χ4n) is 2.33. The van der Waals surface area contributed by atoms with Crippen LogP contribution in [0.5, 0.6) is 0 Å². The number of hydrogen-bond acceptors (Lipinski definition) is 2. The van der Waals surface area contributed by atoms with Gasteiger partial charge in [-0.3, -0.25) is 9.59 Å². The summed E-state index contributed by atoms with van der Waals surface area (Å²) >= 11 is 3.41. The second-order valence-corrected chi connectivity index (χ2v) is 5.87. The summed E-state index contributed by atoms with van der Waals surface area (Å²) in [7, 11) is 0. The number of carboxylic acid groups (broad SMARTS) is 1. The molecule has 0 spiro atoms. The molecular formula is C15H12BrNO3. The SMILES string of the molecule is O=C(O)C1CN(C(=O)c2ccc3cc(Br)ccc3c2)C1. The first-order chi connectivity index (χ1) is 9.54. The van der Waals surface area contributed by atoms with Gasteiger partial charge in [0.1, 0.15) is 0 Å². The molecule has 5 heteroatoms. The van der Waals surface area contributed by atoms with Crippen molar-refractivity contribution >= 4 is 38.6 Å². The summed E-state index contributed by atoms with van der Waals surface area (Å²) in [6.07, 6.45) is 0. The van der Waals surface area contributed by atoms with Crippen molar-refractivity contribution in [1.29, 1.82) is 0 Å². The Morgan fingerprint density at radius 3 is 2.45 bits per heavy atom. The molecule has 4 nitrogen and oxygen atoms in total. The summed E-state index contributed by atoms with van der Waals surface area (Å²) in [5, 5.41) is 10.9. The second-order valence-electron chi connectivity index (χ2n) is 4.95. The normalized spacial score (nSPS) is 15.2. The van der Waals surface area contributed by atoms with Gasteiger partial charge in [0.2, 0.25) is 0 Å². The zero-order chi connectivity index (χ0) is 14.3. The van der Waals surface area contributed by atoms with E-state index in [9.17, 15) is 9.59 Å². The van der Waals surface area contributed by atoms with Crippen LogP contribution in [-0.2, 0) is 4.79 Å². The number of likely N-dealkylation sites (tertiary alicyclic amines) is 1. The first-order valence-electron chi connectivity index (χ1n) is 6.26. The maximum absolute atomic E-state index is 12.2. The van der Waals surface area contributed by atoms with Crippen LogP contribution in [0.4, 0.5) is 0 Å². The summed E-state index contributed by atoms with van der Waals surface area (Å²) in [6, 6.07) is 11.4. The van der Waals surface area contributed by atoms with Crippen LogP contribution in [0, 0.1) is 5.92 Å². The van der Waals surface area contributed by atoms with E-state index in [1.807, 2.05) is 30.3 Å². The molecule has 0 saturated carbocycles. The molecule has 1 aliphatic rings. The van der Waals surface area contributed by atoms with Gasteiger partial charge in [-0.15, -0.1) is 0 Å². The minimum Gasteiger partial charge on any atom is -0.481 e. The fraction of sp³-hybridized carbons (Fsp3) is 0.200. The Balaban J connectivity index is 1.82. The van der Waals surface area contributed by atoms with E-state index < -0.39 is 11.9 Å². The molecule has 20 heavy (non-hydrogen) atoms. The topological polar surface area (TPSA) is 57.6 Å². The monoisotopic (exact) mass is 333 g/mol. The second kappa shape index (κ2) is 4.90. The number of benzene rings is 2. The number of carboxylic acids is 1. The van der Waals surface area contributed by atoms with Crippen molar-refractivity contribution in [2.24, 2.45) is 5.92 Å². The molecule has 3 rings (SSSR count). The van der Waals surface area contributed by atoms with Crippen LogP contribution in [0.15, 0.2) is 40.9 Å². The number of nitrogens with zero attached hydrogens (tertiary/aromatic N) is 1. The molecule has 1 saturated heterocycles. The van der Waals surface area contributed by atoms with E-state index in [4.69, 9.17) is 5.11 Å². The average Bonchev–Trinajstić information content (AvgIpc) is 2.35. The Kier molecular flexibility index (Phi) is 3.22. The molecule has 1 heterocycles. The molecule has 0 aromatic heterocycles. The molecule has 0 bridgehead atoms. The number of amides is 1. The van der Waals surface area contributed by atoms with Crippen LogP contribution < -0.4 is 0 Å². The van der Waals surface area contributed by atoms with Crippen LogP contribution in [0.3, 0.4) is 0 Å². The molecule has 1 aliphatic heterocycles. The Morgan fingerprint density at radius 1 is 1.10 bits per heavy atom. The first-order valence-corrected chi connectivity index (χ1v) is 7.05. The Bertz CT molecular complexity index is 707. The van der Waals surface area contributed by atoms with Crippen LogP contribution in [0.1, 0.15) is 10.4 Å². The van der Waals surface area contributed by atoms with Crippen LogP contribution in [0.25, 0.3) is 10.8 Å². The number of carbonyl (C=O) groups excluding carboxylic acids is 1. The van der Waals surface area contributed by atoms with Crippen molar-refractivity contribution in [2.45, 2.75) is 0 Å². The maximum atomic E-state index is 12.2. The Labute approximate surface area is 124 Å². The highest BCUT2D eigenvalue weighted by molar-refractivity contribution is 9.10. The van der Waals surface area contributed by atoms with E-state index in [1.165, 1.54) is 0 Å². The van der Waals surface area contributed by atoms with Gasteiger partial charge in [-0.25, -0.2) is 0 Å². The average molecular weight is 334 g/mol. The van der Waals surface area contributed by atoms with Gasteiger partial charge in [0, 0.05) is 23.1 Å². The lowest BCUT2D eigenvalue weighted by molar-refractivity contribution is -0.146. The van der Waals surface area contributed by atoms with Crippen molar-refractivity contribution in [3.8, 4) is 0 Å². The molecule has 0 atom stereocenters. The molecule has 2 aromatic carbocycles. The largest absolute Gasteiger partial charge is 0.481 e. The lowest BCUT2D eigenvalue weighted by atomic mass is 9.98. The lowest BCUT2D eigenvalue weighted by Gasteiger charge is -2.36. The van der Waals surface area contributed by atoms with Gasteiger partial charge in [-0.2, -0.15) is 0 Å². The predicted octanol–water partition coefficient (Wildman–Crippen LogP) is 2.76. The quantitative estimate of drug-likeness (QED) is 0.919. The zero-order valence-electron chi connectivity index (χ0n) is 10.5. The summed E-state index contributed by atoms with van der Waals surface area (Å²) < 4.78 is 0.996. The zero-order valence-corrected chi connectivity index (χ0v) is 12.1. The van der Waals surface area contributed by atoms with E-state index in [2.05, 4.69) is 15.9 Å². The highest BCUT2D eigenvalue weighted by Gasteiger charge is 2.35. The van der Waals surface area contributed by atoms with Crippen molar-refractivity contribution in [3.05, 3.63) is 46.4 Å². The fourth-order valence-corrected chi connectivity index (χ4v) is 2.71. The molecule has 1 fully saturated rings. The maximum Gasteiger partial charge on any atom is 0.310 e. The number of carbonyl (C=O) groups is 2. The highest BCUT2D eigenvalue weighted by atomic mass is 79.9. The van der Waals surface area contributed by atoms with Gasteiger partial charge in [-0.05, 0) is 35.0 Å². The van der Waals surface area contributed by atoms with E-state index in [-0.39, 0.29) is 5.91 Å². The molecule has 0 unspecified atom stereocenters. The summed E-state index contributed by atoms with van der Waals surface area (Å²) in [5.41, 5.74) is 0.601. The number of halogens is 1. The van der Waals surface area contributed by atoms with Crippen molar-refractivity contribution in [1.82, 2.24) is 4.90 Å². The minimum absolute atomic E-state index is 0.104. The smallest absolute Gasteiger partial charge is 0.310 e. The third-order valence-corrected chi connectivity index (χ3v) is 4.06. The number of fused-ring (bicyclic) bond motifs is 1. The van der Waals surface area contributed by atoms with Gasteiger partial charge >= 0.3 is 5.97 Å². The van der Waals surface area contributed by atoms with Gasteiger partial charge in [0.25, 0.3) is 5.91 Å². The number of hydrogen-bond donors (Lipinski definition) is 1. The molecule has 2 aromatic rings. The van der Waals surface area contributed by atoms with Gasteiger partial charge in [-0.1, -0.05) is 28.1 Å². The molecule has 0 aliphatic carbocycles. The Hall–Kier alpha value is -1.88. The predicted molar refractivity (Wildman–Crippen MR) is 78.7 cm³/mol. The van der Waals surface area contributed by atoms with Gasteiger partial charge in [0.05, 0.1) is 5.92 Å². The Morgan fingerprint density at radius 2 is 1.75 bits per heavy atom. The molecule has 102 valence electrons. The minimum atomic E-state index is -0.836. The van der Waals surface area contributed by atoms with Gasteiger partial charge < -0.3 is 10.0 Å². The summed E-state index contributed by atoms with van der Waals surface area (Å²) in [4.78, 5) is 24.5. The lowest BCUT2D eigenvalue weighted by Crippen LogP contribution is -2.53. The van der Waals surface area contributed by atoms with Crippen LogP contribution in [0.2, 0.25) is 0 Å². The standard InChI is InChI=1S/C15H12BrNO3/c16-13-4-3-9-5-11(2-1-10(9)6-13)14(18)17-7-12(8-17)15(19)20/h1-6,12H,7-8H2,(H,19,20). The third kappa shape index (κ3) is 2.29. The van der Waals surface area contributed by atoms with Crippen molar-refractivity contribution in [3.63, 3.8) is 0 Å².